The van der Waals surface area contributed by atoms with Gasteiger partial charge in [0, 0.05) is 5.71 Å². The highest BCUT2D eigenvalue weighted by molar-refractivity contribution is 6.05. The second-order valence-electron chi connectivity index (χ2n) is 3.60. The van der Waals surface area contributed by atoms with Gasteiger partial charge in [-0.1, -0.05) is 6.08 Å². The van der Waals surface area contributed by atoms with Crippen molar-refractivity contribution in [3.8, 4) is 0 Å². The summed E-state index contributed by atoms with van der Waals surface area (Å²) in [6.45, 7) is 3.41. The Morgan fingerprint density at radius 3 is 2.41 bits per heavy atom. The van der Waals surface area contributed by atoms with Gasteiger partial charge in [0.2, 0.25) is 0 Å². The molecule has 1 rings (SSSR count). The monoisotopic (exact) mass is 237 g/mol. The molecule has 0 radical (unpaired) electrons. The first-order valence-corrected chi connectivity index (χ1v) is 5.11. The molecular formula is C12H15NO4. The molecule has 17 heavy (non-hydrogen) atoms. The number of aliphatic imine (C=N–C) groups is 1. The first kappa shape index (κ1) is 13.2. The van der Waals surface area contributed by atoms with Gasteiger partial charge in [0.15, 0.2) is 0 Å². The Bertz CT molecular complexity index is 432. The summed E-state index contributed by atoms with van der Waals surface area (Å²) in [6.07, 6.45) is 3.14. The molecule has 0 saturated heterocycles. The van der Waals surface area contributed by atoms with Crippen molar-refractivity contribution in [1.29, 1.82) is 0 Å². The quantitative estimate of drug-likeness (QED) is 0.678. The Hall–Kier alpha value is -1.91. The van der Waals surface area contributed by atoms with E-state index in [9.17, 15) is 9.59 Å². The molecule has 0 bridgehead atoms. The molecule has 0 aromatic heterocycles. The van der Waals surface area contributed by atoms with Gasteiger partial charge in [-0.25, -0.2) is 4.79 Å². The van der Waals surface area contributed by atoms with E-state index in [2.05, 4.69) is 14.5 Å². The van der Waals surface area contributed by atoms with Gasteiger partial charge < -0.3 is 9.47 Å². The number of allylic oxidation sites excluding steroid dienone is 1. The van der Waals surface area contributed by atoms with E-state index in [1.807, 2.05) is 0 Å². The number of ether oxygens (including phenoxy) is 2. The Balaban J connectivity index is 3.13. The molecule has 0 fully saturated rings. The van der Waals surface area contributed by atoms with Crippen LogP contribution in [0.25, 0.3) is 0 Å². The zero-order valence-electron chi connectivity index (χ0n) is 10.3. The van der Waals surface area contributed by atoms with Crippen molar-refractivity contribution < 1.29 is 19.1 Å². The van der Waals surface area contributed by atoms with E-state index in [0.29, 0.717) is 17.0 Å². The van der Waals surface area contributed by atoms with Crippen LogP contribution in [0.5, 0.6) is 0 Å². The molecule has 0 aromatic rings. The van der Waals surface area contributed by atoms with Crippen molar-refractivity contribution in [3.05, 3.63) is 23.4 Å². The molecule has 1 atom stereocenters. The smallest absolute Gasteiger partial charge is 0.339 e. The highest BCUT2D eigenvalue weighted by Gasteiger charge is 2.23. The molecule has 1 unspecified atom stereocenters. The van der Waals surface area contributed by atoms with Gasteiger partial charge in [-0.2, -0.15) is 0 Å². The maximum absolute atomic E-state index is 11.5. The second kappa shape index (κ2) is 5.43. The molecule has 5 heteroatoms. The van der Waals surface area contributed by atoms with E-state index in [-0.39, 0.29) is 0 Å². The molecule has 0 spiro atoms. The summed E-state index contributed by atoms with van der Waals surface area (Å²) in [6, 6.07) is 0. The lowest BCUT2D eigenvalue weighted by atomic mass is 10.0. The molecule has 0 saturated carbocycles. The zero-order chi connectivity index (χ0) is 13.0. The van der Waals surface area contributed by atoms with Gasteiger partial charge in [0.05, 0.1) is 25.5 Å². The predicted octanol–water partition coefficient (Wildman–Crippen LogP) is 1.25. The highest BCUT2D eigenvalue weighted by atomic mass is 16.5. The summed E-state index contributed by atoms with van der Waals surface area (Å²) in [5, 5.41) is 0. The Morgan fingerprint density at radius 2 is 1.88 bits per heavy atom. The minimum atomic E-state index is -0.558. The van der Waals surface area contributed by atoms with E-state index in [1.54, 1.807) is 26.0 Å². The Labute approximate surface area is 99.8 Å². The third-order valence-electron chi connectivity index (χ3n) is 2.50. The summed E-state index contributed by atoms with van der Waals surface area (Å²) in [5.41, 5.74) is 1.46. The van der Waals surface area contributed by atoms with Crippen molar-refractivity contribution in [2.75, 3.05) is 14.2 Å². The van der Waals surface area contributed by atoms with E-state index in [4.69, 9.17) is 0 Å². The Kier molecular flexibility index (Phi) is 4.20. The van der Waals surface area contributed by atoms with Gasteiger partial charge in [0.25, 0.3) is 0 Å². The van der Waals surface area contributed by atoms with Crippen molar-refractivity contribution in [1.82, 2.24) is 0 Å². The van der Waals surface area contributed by atoms with Gasteiger partial charge in [-0.05, 0) is 19.9 Å². The SMILES string of the molecule is COC(=O)C1=C(C)N=C(C)C(C(=O)OC)C=C1. The third-order valence-corrected chi connectivity index (χ3v) is 2.50. The van der Waals surface area contributed by atoms with Crippen molar-refractivity contribution in [2.24, 2.45) is 10.9 Å². The van der Waals surface area contributed by atoms with Gasteiger partial charge in [-0.3, -0.25) is 9.79 Å². The minimum absolute atomic E-state index is 0.346. The largest absolute Gasteiger partial charge is 0.468 e. The normalized spacial score (nSPS) is 19.5. The molecule has 1 aliphatic rings. The maximum Gasteiger partial charge on any atom is 0.339 e. The highest BCUT2D eigenvalue weighted by Crippen LogP contribution is 2.18. The lowest BCUT2D eigenvalue weighted by Crippen LogP contribution is -2.21. The van der Waals surface area contributed by atoms with Crippen LogP contribution < -0.4 is 0 Å². The van der Waals surface area contributed by atoms with Crippen LogP contribution >= 0.6 is 0 Å². The molecule has 0 aliphatic carbocycles. The molecule has 1 heterocycles. The van der Waals surface area contributed by atoms with Crippen molar-refractivity contribution >= 4 is 17.7 Å². The molecule has 92 valence electrons. The minimum Gasteiger partial charge on any atom is -0.468 e. The van der Waals surface area contributed by atoms with E-state index in [0.717, 1.165) is 0 Å². The number of hydrogen-bond acceptors (Lipinski definition) is 5. The molecule has 5 nitrogen and oxygen atoms in total. The van der Waals surface area contributed by atoms with Crippen molar-refractivity contribution in [2.45, 2.75) is 13.8 Å². The van der Waals surface area contributed by atoms with Crippen LogP contribution in [-0.4, -0.2) is 31.9 Å². The van der Waals surface area contributed by atoms with Crippen LogP contribution in [0.1, 0.15) is 13.8 Å². The fourth-order valence-electron chi connectivity index (χ4n) is 1.55. The Morgan fingerprint density at radius 1 is 1.24 bits per heavy atom. The standard InChI is InChI=1S/C12H15NO4/c1-7-9(11(14)16-3)5-6-10(8(2)13-7)12(15)17-4/h5-6,9H,1-4H3. The lowest BCUT2D eigenvalue weighted by Gasteiger charge is -2.08. The van der Waals surface area contributed by atoms with Gasteiger partial charge >= 0.3 is 11.9 Å². The van der Waals surface area contributed by atoms with Crippen molar-refractivity contribution in [3.63, 3.8) is 0 Å². The fourth-order valence-corrected chi connectivity index (χ4v) is 1.55. The summed E-state index contributed by atoms with van der Waals surface area (Å²) in [4.78, 5) is 27.2. The summed E-state index contributed by atoms with van der Waals surface area (Å²) in [5.74, 6) is -1.43. The summed E-state index contributed by atoms with van der Waals surface area (Å²) in [7, 11) is 2.62. The number of rotatable bonds is 2. The molecule has 0 N–H and O–H groups in total. The number of nitrogens with zero attached hydrogens (tertiary/aromatic N) is 1. The molecule has 0 aromatic carbocycles. The number of hydrogen-bond donors (Lipinski definition) is 0. The predicted molar refractivity (Wildman–Crippen MR) is 62.5 cm³/mol. The number of methoxy groups -OCH3 is 2. The van der Waals surface area contributed by atoms with E-state index < -0.39 is 17.9 Å². The van der Waals surface area contributed by atoms with Gasteiger partial charge in [0.1, 0.15) is 5.92 Å². The van der Waals surface area contributed by atoms with E-state index in [1.165, 1.54) is 14.2 Å². The molecule has 1 aliphatic heterocycles. The number of carbonyl (C=O) groups is 2. The summed E-state index contributed by atoms with van der Waals surface area (Å²) >= 11 is 0. The van der Waals surface area contributed by atoms with Gasteiger partial charge in [-0.15, -0.1) is 0 Å². The number of carbonyl (C=O) groups excluding carboxylic acids is 2. The van der Waals surface area contributed by atoms with Crippen LogP contribution in [0.4, 0.5) is 0 Å². The number of esters is 2. The van der Waals surface area contributed by atoms with Crippen LogP contribution in [0, 0.1) is 5.92 Å². The fraction of sp³-hybridized carbons (Fsp3) is 0.417. The van der Waals surface area contributed by atoms with Crippen LogP contribution in [0.15, 0.2) is 28.4 Å². The molecule has 0 amide bonds. The average Bonchev–Trinajstić information content (AvgIpc) is 2.46. The zero-order valence-corrected chi connectivity index (χ0v) is 10.3. The van der Waals surface area contributed by atoms with Crippen LogP contribution in [0.3, 0.4) is 0 Å². The third kappa shape index (κ3) is 2.81. The summed E-state index contributed by atoms with van der Waals surface area (Å²) < 4.78 is 9.31. The van der Waals surface area contributed by atoms with Crippen LogP contribution in [0.2, 0.25) is 0 Å². The molecular weight excluding hydrogens is 222 g/mol. The first-order chi connectivity index (χ1) is 8.01. The second-order valence-corrected chi connectivity index (χ2v) is 3.60. The lowest BCUT2D eigenvalue weighted by molar-refractivity contribution is -0.141. The maximum atomic E-state index is 11.5. The van der Waals surface area contributed by atoms with Crippen LogP contribution in [-0.2, 0) is 19.1 Å². The topological polar surface area (TPSA) is 65.0 Å². The van der Waals surface area contributed by atoms with E-state index >= 15 is 0 Å². The first-order valence-electron chi connectivity index (χ1n) is 5.11. The average molecular weight is 237 g/mol.